The maximum Gasteiger partial charge on any atom is 0.161 e. The Morgan fingerprint density at radius 2 is 1.55 bits per heavy atom. The molecule has 2 aromatic carbocycles. The number of hydrogen-bond acceptors (Lipinski definition) is 3. The van der Waals surface area contributed by atoms with Crippen LogP contribution in [-0.2, 0) is 0 Å². The summed E-state index contributed by atoms with van der Waals surface area (Å²) in [5.41, 5.74) is 8.45. The SMILES string of the molecule is CCOc1ccccc1OCC(N)c1ccc(C)cc1. The number of para-hydroxylation sites is 2. The Hall–Kier alpha value is -2.00. The van der Waals surface area contributed by atoms with E-state index in [-0.39, 0.29) is 6.04 Å². The highest BCUT2D eigenvalue weighted by Crippen LogP contribution is 2.27. The maximum absolute atomic E-state index is 6.15. The maximum atomic E-state index is 6.15. The quantitative estimate of drug-likeness (QED) is 0.875. The third-order valence-electron chi connectivity index (χ3n) is 3.07. The normalized spacial score (nSPS) is 11.9. The molecule has 20 heavy (non-hydrogen) atoms. The minimum atomic E-state index is -0.148. The van der Waals surface area contributed by atoms with Gasteiger partial charge in [0.25, 0.3) is 0 Å². The fourth-order valence-electron chi connectivity index (χ4n) is 1.93. The molecule has 106 valence electrons. The number of hydrogen-bond donors (Lipinski definition) is 1. The molecule has 1 atom stereocenters. The van der Waals surface area contributed by atoms with Crippen molar-refractivity contribution in [3.63, 3.8) is 0 Å². The smallest absolute Gasteiger partial charge is 0.161 e. The molecule has 0 saturated heterocycles. The second-order valence-electron chi connectivity index (χ2n) is 4.71. The zero-order valence-corrected chi connectivity index (χ0v) is 12.0. The highest BCUT2D eigenvalue weighted by Gasteiger charge is 2.09. The molecule has 0 aliphatic carbocycles. The molecule has 0 saturated carbocycles. The summed E-state index contributed by atoms with van der Waals surface area (Å²) in [6.07, 6.45) is 0. The van der Waals surface area contributed by atoms with Crippen LogP contribution in [0.1, 0.15) is 24.1 Å². The third-order valence-corrected chi connectivity index (χ3v) is 3.07. The van der Waals surface area contributed by atoms with Gasteiger partial charge in [0.2, 0.25) is 0 Å². The summed E-state index contributed by atoms with van der Waals surface area (Å²) in [6.45, 7) is 5.05. The summed E-state index contributed by atoms with van der Waals surface area (Å²) >= 11 is 0. The van der Waals surface area contributed by atoms with Gasteiger partial charge in [0.15, 0.2) is 11.5 Å². The molecule has 0 fully saturated rings. The van der Waals surface area contributed by atoms with E-state index in [0.717, 1.165) is 17.1 Å². The van der Waals surface area contributed by atoms with Gasteiger partial charge in [-0.25, -0.2) is 0 Å². The van der Waals surface area contributed by atoms with Crippen molar-refractivity contribution in [2.24, 2.45) is 5.73 Å². The van der Waals surface area contributed by atoms with Crippen molar-refractivity contribution in [3.8, 4) is 11.5 Å². The Morgan fingerprint density at radius 1 is 0.950 bits per heavy atom. The first kappa shape index (κ1) is 14.4. The van der Waals surface area contributed by atoms with E-state index in [9.17, 15) is 0 Å². The highest BCUT2D eigenvalue weighted by atomic mass is 16.5. The van der Waals surface area contributed by atoms with E-state index in [1.54, 1.807) is 0 Å². The lowest BCUT2D eigenvalue weighted by molar-refractivity contribution is 0.261. The Balaban J connectivity index is 1.99. The molecule has 0 bridgehead atoms. The second-order valence-corrected chi connectivity index (χ2v) is 4.71. The predicted octanol–water partition coefficient (Wildman–Crippen LogP) is 3.47. The van der Waals surface area contributed by atoms with E-state index in [1.807, 2.05) is 43.3 Å². The van der Waals surface area contributed by atoms with Gasteiger partial charge in [0.05, 0.1) is 12.6 Å². The molecule has 2 rings (SSSR count). The van der Waals surface area contributed by atoms with Crippen molar-refractivity contribution in [2.75, 3.05) is 13.2 Å². The number of rotatable bonds is 6. The van der Waals surface area contributed by atoms with Crippen LogP contribution < -0.4 is 15.2 Å². The number of benzene rings is 2. The molecule has 0 spiro atoms. The molecule has 3 nitrogen and oxygen atoms in total. The molecule has 3 heteroatoms. The fraction of sp³-hybridized carbons (Fsp3) is 0.294. The van der Waals surface area contributed by atoms with Crippen LogP contribution in [0.2, 0.25) is 0 Å². The average Bonchev–Trinajstić information content (AvgIpc) is 2.47. The second kappa shape index (κ2) is 6.96. The van der Waals surface area contributed by atoms with Crippen LogP contribution in [0, 0.1) is 6.92 Å². The highest BCUT2D eigenvalue weighted by molar-refractivity contribution is 5.39. The van der Waals surface area contributed by atoms with Crippen LogP contribution in [-0.4, -0.2) is 13.2 Å². The van der Waals surface area contributed by atoms with Crippen molar-refractivity contribution in [3.05, 3.63) is 59.7 Å². The Kier molecular flexibility index (Phi) is 5.02. The molecule has 0 aliphatic heterocycles. The summed E-state index contributed by atoms with van der Waals surface area (Å²) in [5.74, 6) is 1.49. The van der Waals surface area contributed by atoms with Crippen LogP contribution in [0.25, 0.3) is 0 Å². The van der Waals surface area contributed by atoms with Crippen LogP contribution >= 0.6 is 0 Å². The van der Waals surface area contributed by atoms with Gasteiger partial charge < -0.3 is 15.2 Å². The van der Waals surface area contributed by atoms with Gasteiger partial charge in [-0.15, -0.1) is 0 Å². The standard InChI is InChI=1S/C17H21NO2/c1-3-19-16-6-4-5-7-17(16)20-12-15(18)14-10-8-13(2)9-11-14/h4-11,15H,3,12,18H2,1-2H3. The van der Waals surface area contributed by atoms with E-state index in [4.69, 9.17) is 15.2 Å². The van der Waals surface area contributed by atoms with Crippen LogP contribution in [0.3, 0.4) is 0 Å². The average molecular weight is 271 g/mol. The van der Waals surface area contributed by atoms with Crippen LogP contribution in [0.15, 0.2) is 48.5 Å². The Morgan fingerprint density at radius 3 is 2.15 bits per heavy atom. The van der Waals surface area contributed by atoms with Gasteiger partial charge in [-0.1, -0.05) is 42.0 Å². The first-order valence-electron chi connectivity index (χ1n) is 6.87. The minimum absolute atomic E-state index is 0.148. The van der Waals surface area contributed by atoms with Crippen LogP contribution in [0.5, 0.6) is 11.5 Å². The van der Waals surface area contributed by atoms with E-state index >= 15 is 0 Å². The summed E-state index contributed by atoms with van der Waals surface area (Å²) in [7, 11) is 0. The molecular weight excluding hydrogens is 250 g/mol. The first-order chi connectivity index (χ1) is 9.70. The molecule has 1 unspecified atom stereocenters. The Bertz CT molecular complexity index is 537. The lowest BCUT2D eigenvalue weighted by Gasteiger charge is -2.16. The van der Waals surface area contributed by atoms with Gasteiger partial charge in [-0.2, -0.15) is 0 Å². The monoisotopic (exact) mass is 271 g/mol. The third kappa shape index (κ3) is 3.75. The van der Waals surface area contributed by atoms with E-state index in [2.05, 4.69) is 19.1 Å². The fourth-order valence-corrected chi connectivity index (χ4v) is 1.93. The molecule has 0 radical (unpaired) electrons. The summed E-state index contributed by atoms with van der Waals surface area (Å²) in [6, 6.07) is 15.7. The van der Waals surface area contributed by atoms with E-state index in [0.29, 0.717) is 13.2 Å². The van der Waals surface area contributed by atoms with Gasteiger partial charge >= 0.3 is 0 Å². The molecule has 2 N–H and O–H groups in total. The number of nitrogens with two attached hydrogens (primary N) is 1. The van der Waals surface area contributed by atoms with E-state index < -0.39 is 0 Å². The lowest BCUT2D eigenvalue weighted by atomic mass is 10.1. The summed E-state index contributed by atoms with van der Waals surface area (Å²) < 4.78 is 11.3. The summed E-state index contributed by atoms with van der Waals surface area (Å²) in [4.78, 5) is 0. The minimum Gasteiger partial charge on any atom is -0.490 e. The topological polar surface area (TPSA) is 44.5 Å². The number of ether oxygens (including phenoxy) is 2. The molecule has 0 amide bonds. The van der Waals surface area contributed by atoms with Crippen molar-refractivity contribution < 1.29 is 9.47 Å². The molecule has 0 aliphatic rings. The first-order valence-corrected chi connectivity index (χ1v) is 6.87. The molecule has 2 aromatic rings. The van der Waals surface area contributed by atoms with Crippen molar-refractivity contribution in [2.45, 2.75) is 19.9 Å². The predicted molar refractivity (Wildman–Crippen MR) is 81.2 cm³/mol. The Labute approximate surface area is 120 Å². The van der Waals surface area contributed by atoms with Crippen molar-refractivity contribution in [1.29, 1.82) is 0 Å². The van der Waals surface area contributed by atoms with Gasteiger partial charge in [0, 0.05) is 0 Å². The van der Waals surface area contributed by atoms with Crippen LogP contribution in [0.4, 0.5) is 0 Å². The molecule has 0 heterocycles. The lowest BCUT2D eigenvalue weighted by Crippen LogP contribution is -2.19. The van der Waals surface area contributed by atoms with E-state index in [1.165, 1.54) is 5.56 Å². The van der Waals surface area contributed by atoms with Gasteiger partial charge in [-0.3, -0.25) is 0 Å². The summed E-state index contributed by atoms with van der Waals surface area (Å²) in [5, 5.41) is 0. The zero-order chi connectivity index (χ0) is 14.4. The van der Waals surface area contributed by atoms with Crippen molar-refractivity contribution >= 4 is 0 Å². The zero-order valence-electron chi connectivity index (χ0n) is 12.0. The molecular formula is C17H21NO2. The van der Waals surface area contributed by atoms with Gasteiger partial charge in [-0.05, 0) is 31.5 Å². The number of aryl methyl sites for hydroxylation is 1. The van der Waals surface area contributed by atoms with Gasteiger partial charge in [0.1, 0.15) is 6.61 Å². The van der Waals surface area contributed by atoms with Crippen molar-refractivity contribution in [1.82, 2.24) is 0 Å². The molecule has 0 aromatic heterocycles. The largest absolute Gasteiger partial charge is 0.490 e.